The molecule has 1 aliphatic heterocycles. The van der Waals surface area contributed by atoms with Gasteiger partial charge < -0.3 is 14.8 Å². The lowest BCUT2D eigenvalue weighted by Gasteiger charge is -2.33. The van der Waals surface area contributed by atoms with E-state index in [2.05, 4.69) is 26.3 Å². The van der Waals surface area contributed by atoms with Crippen molar-refractivity contribution in [1.82, 2.24) is 29.7 Å². The molecule has 9 heteroatoms. The van der Waals surface area contributed by atoms with Crippen LogP contribution in [0.25, 0.3) is 0 Å². The molecule has 2 aromatic heterocycles. The zero-order valence-corrected chi connectivity index (χ0v) is 17.2. The van der Waals surface area contributed by atoms with E-state index >= 15 is 0 Å². The number of nitriles is 1. The molecule has 1 atom stereocenters. The average Bonchev–Trinajstić information content (AvgIpc) is 3.24. The first-order valence-corrected chi connectivity index (χ1v) is 9.90. The van der Waals surface area contributed by atoms with Crippen LogP contribution >= 0.6 is 0 Å². The molecule has 3 aromatic rings. The second kappa shape index (κ2) is 8.36. The van der Waals surface area contributed by atoms with Crippen molar-refractivity contribution in [2.75, 3.05) is 6.54 Å². The molecule has 2 amide bonds. The quantitative estimate of drug-likeness (QED) is 0.697. The Morgan fingerprint density at radius 2 is 2.10 bits per heavy atom. The van der Waals surface area contributed by atoms with Gasteiger partial charge >= 0.3 is 0 Å². The molecule has 0 saturated carbocycles. The highest BCUT2D eigenvalue weighted by Gasteiger charge is 2.31. The lowest BCUT2D eigenvalue weighted by molar-refractivity contribution is 0.0638. The number of aryl methyl sites for hydroxylation is 1. The van der Waals surface area contributed by atoms with Crippen molar-refractivity contribution in [3.63, 3.8) is 0 Å². The summed E-state index contributed by atoms with van der Waals surface area (Å²) in [7, 11) is 0. The summed E-state index contributed by atoms with van der Waals surface area (Å²) in [5.74, 6) is 0.176. The molecule has 0 fully saturated rings. The van der Waals surface area contributed by atoms with Crippen molar-refractivity contribution < 1.29 is 9.59 Å². The fraction of sp³-hybridized carbons (Fsp3) is 0.273. The minimum absolute atomic E-state index is 0.164. The Kier molecular flexibility index (Phi) is 5.45. The number of rotatable bonds is 4. The highest BCUT2D eigenvalue weighted by atomic mass is 16.2. The van der Waals surface area contributed by atoms with Crippen molar-refractivity contribution in [2.24, 2.45) is 0 Å². The number of hydrogen-bond donors (Lipinski definition) is 1. The number of amides is 2. The van der Waals surface area contributed by atoms with Crippen LogP contribution < -0.4 is 5.32 Å². The molecule has 3 heterocycles. The molecule has 0 radical (unpaired) electrons. The number of carbonyl (C=O) groups is 2. The van der Waals surface area contributed by atoms with E-state index in [0.29, 0.717) is 41.4 Å². The predicted molar refractivity (Wildman–Crippen MR) is 111 cm³/mol. The van der Waals surface area contributed by atoms with Crippen LogP contribution in [0.2, 0.25) is 0 Å². The third kappa shape index (κ3) is 4.14. The molecule has 156 valence electrons. The average molecular weight is 415 g/mol. The largest absolute Gasteiger partial charge is 0.345 e. The summed E-state index contributed by atoms with van der Waals surface area (Å²) in [4.78, 5) is 40.2. The first-order valence-electron chi connectivity index (χ1n) is 9.90. The number of nitrogens with one attached hydrogen (secondary N) is 1. The third-order valence-corrected chi connectivity index (χ3v) is 5.23. The normalized spacial score (nSPS) is 15.1. The summed E-state index contributed by atoms with van der Waals surface area (Å²) in [6, 6.07) is 8.39. The summed E-state index contributed by atoms with van der Waals surface area (Å²) in [5, 5.41) is 11.9. The van der Waals surface area contributed by atoms with Crippen LogP contribution in [0, 0.1) is 18.3 Å². The number of imidazole rings is 1. The van der Waals surface area contributed by atoms with E-state index in [0.717, 1.165) is 5.69 Å². The number of fused-ring (bicyclic) bond motifs is 1. The van der Waals surface area contributed by atoms with Gasteiger partial charge in [0, 0.05) is 31.0 Å². The van der Waals surface area contributed by atoms with Gasteiger partial charge in [0.1, 0.15) is 11.5 Å². The molecule has 0 spiro atoms. The fourth-order valence-corrected chi connectivity index (χ4v) is 3.54. The summed E-state index contributed by atoms with van der Waals surface area (Å²) < 4.78 is 1.90. The van der Waals surface area contributed by atoms with Gasteiger partial charge in [-0.05, 0) is 32.0 Å². The SMILES string of the molecule is Cc1cnc(CNC(=O)c2cn3c(n2)C(C)N(C(=O)c2cccc(C#N)c2)CC3)cn1. The predicted octanol–water partition coefficient (Wildman–Crippen LogP) is 2.00. The molecule has 1 aromatic carbocycles. The van der Waals surface area contributed by atoms with Crippen molar-refractivity contribution in [3.05, 3.63) is 76.9 Å². The Hall–Kier alpha value is -4.06. The van der Waals surface area contributed by atoms with Crippen molar-refractivity contribution in [2.45, 2.75) is 33.0 Å². The van der Waals surface area contributed by atoms with Gasteiger partial charge in [-0.15, -0.1) is 0 Å². The minimum atomic E-state index is -0.309. The molecule has 4 rings (SSSR count). The first kappa shape index (κ1) is 20.2. The molecule has 1 N–H and O–H groups in total. The van der Waals surface area contributed by atoms with E-state index in [1.54, 1.807) is 47.8 Å². The maximum atomic E-state index is 13.0. The molecule has 31 heavy (non-hydrogen) atoms. The number of nitrogens with zero attached hydrogens (tertiary/aromatic N) is 6. The molecule has 1 unspecified atom stereocenters. The first-order chi connectivity index (χ1) is 15.0. The monoisotopic (exact) mass is 415 g/mol. The maximum absolute atomic E-state index is 13.0. The Bertz CT molecular complexity index is 1180. The zero-order chi connectivity index (χ0) is 22.0. The number of benzene rings is 1. The van der Waals surface area contributed by atoms with Gasteiger partial charge in [-0.2, -0.15) is 5.26 Å². The molecule has 0 bridgehead atoms. The van der Waals surface area contributed by atoms with Crippen molar-refractivity contribution in [3.8, 4) is 6.07 Å². The number of carbonyl (C=O) groups excluding carboxylic acids is 2. The van der Waals surface area contributed by atoms with Gasteiger partial charge in [0.2, 0.25) is 0 Å². The van der Waals surface area contributed by atoms with Gasteiger partial charge in [-0.3, -0.25) is 19.6 Å². The van der Waals surface area contributed by atoms with E-state index in [1.165, 1.54) is 0 Å². The van der Waals surface area contributed by atoms with Crippen LogP contribution in [0.3, 0.4) is 0 Å². The molecule has 0 aliphatic carbocycles. The van der Waals surface area contributed by atoms with Crippen LogP contribution in [0.4, 0.5) is 0 Å². The summed E-state index contributed by atoms with van der Waals surface area (Å²) in [5.41, 5.74) is 2.66. The molecular weight excluding hydrogens is 394 g/mol. The zero-order valence-electron chi connectivity index (χ0n) is 17.2. The molecular formula is C22H21N7O2. The van der Waals surface area contributed by atoms with Gasteiger partial charge in [0.05, 0.1) is 41.8 Å². The van der Waals surface area contributed by atoms with Crippen molar-refractivity contribution in [1.29, 1.82) is 5.26 Å². The minimum Gasteiger partial charge on any atom is -0.345 e. The second-order valence-corrected chi connectivity index (χ2v) is 7.38. The van der Waals surface area contributed by atoms with Gasteiger partial charge in [0.25, 0.3) is 11.8 Å². The number of aromatic nitrogens is 4. The molecule has 0 saturated heterocycles. The van der Waals surface area contributed by atoms with Gasteiger partial charge in [-0.1, -0.05) is 6.07 Å². The van der Waals surface area contributed by atoms with Gasteiger partial charge in [0.15, 0.2) is 0 Å². The summed E-state index contributed by atoms with van der Waals surface area (Å²) in [6.45, 7) is 5.00. The fourth-order valence-electron chi connectivity index (χ4n) is 3.54. The highest BCUT2D eigenvalue weighted by Crippen LogP contribution is 2.26. The summed E-state index contributed by atoms with van der Waals surface area (Å²) >= 11 is 0. The van der Waals surface area contributed by atoms with E-state index in [-0.39, 0.29) is 24.4 Å². The highest BCUT2D eigenvalue weighted by molar-refractivity contribution is 5.95. The lowest BCUT2D eigenvalue weighted by atomic mass is 10.1. The lowest BCUT2D eigenvalue weighted by Crippen LogP contribution is -2.41. The Labute approximate surface area is 179 Å². The Morgan fingerprint density at radius 1 is 1.26 bits per heavy atom. The van der Waals surface area contributed by atoms with Crippen LogP contribution in [-0.2, 0) is 13.1 Å². The van der Waals surface area contributed by atoms with E-state index in [9.17, 15) is 9.59 Å². The van der Waals surface area contributed by atoms with E-state index in [4.69, 9.17) is 5.26 Å². The number of hydrogen-bond acceptors (Lipinski definition) is 6. The van der Waals surface area contributed by atoms with Crippen LogP contribution in [0.1, 0.15) is 56.6 Å². The van der Waals surface area contributed by atoms with Crippen molar-refractivity contribution >= 4 is 11.8 Å². The summed E-state index contributed by atoms with van der Waals surface area (Å²) in [6.07, 6.45) is 4.98. The molecule has 9 nitrogen and oxygen atoms in total. The maximum Gasteiger partial charge on any atom is 0.271 e. The molecule has 1 aliphatic rings. The van der Waals surface area contributed by atoms with Gasteiger partial charge in [-0.25, -0.2) is 4.98 Å². The Balaban J connectivity index is 1.47. The van der Waals surface area contributed by atoms with E-state index < -0.39 is 0 Å². The smallest absolute Gasteiger partial charge is 0.271 e. The third-order valence-electron chi connectivity index (χ3n) is 5.23. The standard InChI is InChI=1S/C22H21N7O2/c1-14-10-25-18(11-24-14)12-26-21(30)19-13-28-6-7-29(15(2)20(28)27-19)22(31)17-5-3-4-16(8-17)9-23/h3-5,8,10-11,13,15H,6-7,12H2,1-2H3,(H,26,30). The van der Waals surface area contributed by atoms with Crippen LogP contribution in [0.15, 0.2) is 42.9 Å². The van der Waals surface area contributed by atoms with Crippen LogP contribution in [-0.4, -0.2) is 42.8 Å². The Morgan fingerprint density at radius 3 is 2.84 bits per heavy atom. The topological polar surface area (TPSA) is 117 Å². The second-order valence-electron chi connectivity index (χ2n) is 7.38. The van der Waals surface area contributed by atoms with E-state index in [1.807, 2.05) is 18.4 Å². The van der Waals surface area contributed by atoms with Crippen LogP contribution in [0.5, 0.6) is 0 Å².